The Kier molecular flexibility index (Phi) is 4.44. The largest absolute Gasteiger partial charge is 0.389 e. The molecule has 1 atom stereocenters. The molecule has 1 aromatic heterocycles. The minimum atomic E-state index is -0.668. The lowest BCUT2D eigenvalue weighted by Gasteiger charge is -2.32. The fourth-order valence-electron chi connectivity index (χ4n) is 1.83. The van der Waals surface area contributed by atoms with E-state index in [1.165, 1.54) is 0 Å². The maximum absolute atomic E-state index is 9.85. The Morgan fingerprint density at radius 1 is 1.44 bits per heavy atom. The summed E-state index contributed by atoms with van der Waals surface area (Å²) in [6.07, 6.45) is 1.81. The standard InChI is InChI=1S/C13H22N2O/c1-5-15(10-13(3,4)16)11(2)12-8-6-7-9-14-12/h6-9,11,16H,5,10H2,1-4H3/t11-/m0/s1. The van der Waals surface area contributed by atoms with Crippen LogP contribution < -0.4 is 0 Å². The molecule has 0 aliphatic rings. The number of hydrogen-bond donors (Lipinski definition) is 1. The van der Waals surface area contributed by atoms with Gasteiger partial charge in [0.05, 0.1) is 11.3 Å². The van der Waals surface area contributed by atoms with Gasteiger partial charge >= 0.3 is 0 Å². The van der Waals surface area contributed by atoms with Gasteiger partial charge in [0.15, 0.2) is 0 Å². The lowest BCUT2D eigenvalue weighted by molar-refractivity contribution is 0.0243. The van der Waals surface area contributed by atoms with Crippen molar-refractivity contribution in [3.8, 4) is 0 Å². The van der Waals surface area contributed by atoms with E-state index in [1.807, 2.05) is 38.2 Å². The molecule has 0 aliphatic heterocycles. The van der Waals surface area contributed by atoms with Crippen LogP contribution in [0.15, 0.2) is 24.4 Å². The molecule has 3 nitrogen and oxygen atoms in total. The van der Waals surface area contributed by atoms with Crippen LogP contribution in [0.2, 0.25) is 0 Å². The Labute approximate surface area is 98.1 Å². The molecule has 1 aromatic rings. The minimum absolute atomic E-state index is 0.234. The van der Waals surface area contributed by atoms with Crippen molar-refractivity contribution in [2.45, 2.75) is 39.3 Å². The van der Waals surface area contributed by atoms with Crippen LogP contribution in [0, 0.1) is 0 Å². The quantitative estimate of drug-likeness (QED) is 0.830. The van der Waals surface area contributed by atoms with E-state index in [0.29, 0.717) is 6.54 Å². The van der Waals surface area contributed by atoms with Gasteiger partial charge in [-0.25, -0.2) is 0 Å². The van der Waals surface area contributed by atoms with Crippen molar-refractivity contribution in [1.82, 2.24) is 9.88 Å². The molecule has 0 fully saturated rings. The summed E-state index contributed by atoms with van der Waals surface area (Å²) in [7, 11) is 0. The lowest BCUT2D eigenvalue weighted by Crippen LogP contribution is -2.40. The molecule has 90 valence electrons. The second kappa shape index (κ2) is 5.41. The third kappa shape index (κ3) is 3.91. The average Bonchev–Trinajstić information content (AvgIpc) is 2.25. The number of nitrogens with zero attached hydrogens (tertiary/aromatic N) is 2. The first-order chi connectivity index (χ1) is 7.44. The molecule has 0 bridgehead atoms. The van der Waals surface area contributed by atoms with Crippen molar-refractivity contribution >= 4 is 0 Å². The fraction of sp³-hybridized carbons (Fsp3) is 0.615. The highest BCUT2D eigenvalue weighted by Crippen LogP contribution is 2.19. The zero-order chi connectivity index (χ0) is 12.2. The zero-order valence-electron chi connectivity index (χ0n) is 10.6. The van der Waals surface area contributed by atoms with E-state index in [9.17, 15) is 5.11 Å². The van der Waals surface area contributed by atoms with Crippen LogP contribution in [0.1, 0.15) is 39.4 Å². The lowest BCUT2D eigenvalue weighted by atomic mass is 10.1. The van der Waals surface area contributed by atoms with Gasteiger partial charge in [0.25, 0.3) is 0 Å². The molecule has 0 aromatic carbocycles. The summed E-state index contributed by atoms with van der Waals surface area (Å²) in [6, 6.07) is 6.18. The van der Waals surface area contributed by atoms with E-state index in [-0.39, 0.29) is 6.04 Å². The van der Waals surface area contributed by atoms with Gasteiger partial charge in [-0.05, 0) is 39.4 Å². The van der Waals surface area contributed by atoms with Crippen LogP contribution in [0.3, 0.4) is 0 Å². The fourth-order valence-corrected chi connectivity index (χ4v) is 1.83. The van der Waals surface area contributed by atoms with Crippen molar-refractivity contribution in [3.05, 3.63) is 30.1 Å². The predicted molar refractivity (Wildman–Crippen MR) is 66.2 cm³/mol. The van der Waals surface area contributed by atoms with Crippen LogP contribution in [0.4, 0.5) is 0 Å². The molecule has 16 heavy (non-hydrogen) atoms. The van der Waals surface area contributed by atoms with Gasteiger partial charge in [0.2, 0.25) is 0 Å². The number of likely N-dealkylation sites (N-methyl/N-ethyl adjacent to an activating group) is 1. The van der Waals surface area contributed by atoms with E-state index >= 15 is 0 Å². The summed E-state index contributed by atoms with van der Waals surface area (Å²) in [5.74, 6) is 0. The highest BCUT2D eigenvalue weighted by Gasteiger charge is 2.22. The van der Waals surface area contributed by atoms with Crippen molar-refractivity contribution < 1.29 is 5.11 Å². The Morgan fingerprint density at radius 2 is 2.12 bits per heavy atom. The van der Waals surface area contributed by atoms with Gasteiger partial charge in [0, 0.05) is 18.8 Å². The van der Waals surface area contributed by atoms with Gasteiger partial charge in [-0.2, -0.15) is 0 Å². The molecule has 3 heteroatoms. The smallest absolute Gasteiger partial charge is 0.0718 e. The third-order valence-electron chi connectivity index (χ3n) is 2.66. The first-order valence-corrected chi connectivity index (χ1v) is 5.81. The molecule has 0 saturated carbocycles. The van der Waals surface area contributed by atoms with E-state index in [1.54, 1.807) is 0 Å². The van der Waals surface area contributed by atoms with Gasteiger partial charge in [-0.1, -0.05) is 13.0 Å². The molecule has 0 unspecified atom stereocenters. The normalized spacial score (nSPS) is 14.1. The zero-order valence-corrected chi connectivity index (χ0v) is 10.6. The topological polar surface area (TPSA) is 36.4 Å². The SMILES string of the molecule is CCN(CC(C)(C)O)[C@@H](C)c1ccccn1. The summed E-state index contributed by atoms with van der Waals surface area (Å²) in [4.78, 5) is 6.58. The molecule has 0 spiro atoms. The summed E-state index contributed by atoms with van der Waals surface area (Å²) < 4.78 is 0. The summed E-state index contributed by atoms with van der Waals surface area (Å²) in [5, 5.41) is 9.85. The highest BCUT2D eigenvalue weighted by molar-refractivity contribution is 5.08. The van der Waals surface area contributed by atoms with Gasteiger partial charge < -0.3 is 5.11 Å². The van der Waals surface area contributed by atoms with Crippen molar-refractivity contribution in [3.63, 3.8) is 0 Å². The maximum Gasteiger partial charge on any atom is 0.0718 e. The maximum atomic E-state index is 9.85. The molecular formula is C13H22N2O. The van der Waals surface area contributed by atoms with Crippen LogP contribution in [-0.2, 0) is 0 Å². The third-order valence-corrected chi connectivity index (χ3v) is 2.66. The van der Waals surface area contributed by atoms with Crippen LogP contribution in [-0.4, -0.2) is 33.7 Å². The average molecular weight is 222 g/mol. The predicted octanol–water partition coefficient (Wildman–Crippen LogP) is 2.24. The first-order valence-electron chi connectivity index (χ1n) is 5.81. The number of hydrogen-bond acceptors (Lipinski definition) is 3. The van der Waals surface area contributed by atoms with E-state index in [0.717, 1.165) is 12.2 Å². The molecule has 0 amide bonds. The number of rotatable bonds is 5. The second-order valence-corrected chi connectivity index (χ2v) is 4.81. The van der Waals surface area contributed by atoms with Crippen LogP contribution in [0.5, 0.6) is 0 Å². The van der Waals surface area contributed by atoms with E-state index in [4.69, 9.17) is 0 Å². The Bertz CT molecular complexity index is 305. The number of aromatic nitrogens is 1. The van der Waals surface area contributed by atoms with Crippen molar-refractivity contribution in [2.24, 2.45) is 0 Å². The monoisotopic (exact) mass is 222 g/mol. The summed E-state index contributed by atoms with van der Waals surface area (Å²) in [6.45, 7) is 9.45. The van der Waals surface area contributed by atoms with Crippen LogP contribution >= 0.6 is 0 Å². The van der Waals surface area contributed by atoms with Crippen molar-refractivity contribution in [2.75, 3.05) is 13.1 Å². The molecule has 1 heterocycles. The molecule has 1 rings (SSSR count). The molecule has 0 radical (unpaired) electrons. The van der Waals surface area contributed by atoms with Gasteiger partial charge in [-0.3, -0.25) is 9.88 Å². The Hall–Kier alpha value is -0.930. The summed E-state index contributed by atoms with van der Waals surface area (Å²) in [5.41, 5.74) is 0.382. The molecular weight excluding hydrogens is 200 g/mol. The van der Waals surface area contributed by atoms with E-state index in [2.05, 4.69) is 23.7 Å². The van der Waals surface area contributed by atoms with Crippen LogP contribution in [0.25, 0.3) is 0 Å². The van der Waals surface area contributed by atoms with Gasteiger partial charge in [0.1, 0.15) is 0 Å². The van der Waals surface area contributed by atoms with Gasteiger partial charge in [-0.15, -0.1) is 0 Å². The number of pyridine rings is 1. The summed E-state index contributed by atoms with van der Waals surface area (Å²) >= 11 is 0. The molecule has 0 aliphatic carbocycles. The highest BCUT2D eigenvalue weighted by atomic mass is 16.3. The minimum Gasteiger partial charge on any atom is -0.389 e. The number of aliphatic hydroxyl groups is 1. The van der Waals surface area contributed by atoms with Crippen molar-refractivity contribution in [1.29, 1.82) is 0 Å². The Balaban J connectivity index is 2.74. The molecule has 1 N–H and O–H groups in total. The molecule has 0 saturated heterocycles. The Morgan fingerprint density at radius 3 is 2.56 bits per heavy atom. The second-order valence-electron chi connectivity index (χ2n) is 4.81. The van der Waals surface area contributed by atoms with E-state index < -0.39 is 5.60 Å². The first kappa shape index (κ1) is 13.1.